The molecular weight excluding hydrogens is 506 g/mol. The number of hydrogen-bond acceptors (Lipinski definition) is 6. The lowest BCUT2D eigenvalue weighted by Crippen LogP contribution is -2.29. The molecule has 0 bridgehead atoms. The van der Waals surface area contributed by atoms with Gasteiger partial charge in [-0.2, -0.15) is 0 Å². The molecule has 1 unspecified atom stereocenters. The highest BCUT2D eigenvalue weighted by Crippen LogP contribution is 2.44. The summed E-state index contributed by atoms with van der Waals surface area (Å²) in [6, 6.07) is 17.1. The molecule has 1 heterocycles. The van der Waals surface area contributed by atoms with Gasteiger partial charge in [-0.05, 0) is 77.9 Å². The zero-order valence-corrected chi connectivity index (χ0v) is 24.1. The van der Waals surface area contributed by atoms with E-state index in [0.29, 0.717) is 52.5 Å². The van der Waals surface area contributed by atoms with E-state index in [-0.39, 0.29) is 11.3 Å². The molecule has 1 aliphatic heterocycles. The summed E-state index contributed by atoms with van der Waals surface area (Å²) in [6.07, 6.45) is 0. The van der Waals surface area contributed by atoms with Crippen molar-refractivity contribution >= 4 is 23.1 Å². The highest BCUT2D eigenvalue weighted by molar-refractivity contribution is 6.51. The lowest BCUT2D eigenvalue weighted by Gasteiger charge is -2.26. The second-order valence-electron chi connectivity index (χ2n) is 10.7. The van der Waals surface area contributed by atoms with Crippen LogP contribution in [0.25, 0.3) is 5.76 Å². The Bertz CT molecular complexity index is 1440. The quantitative estimate of drug-likeness (QED) is 0.182. The summed E-state index contributed by atoms with van der Waals surface area (Å²) in [7, 11) is 3.06. The maximum absolute atomic E-state index is 13.6. The van der Waals surface area contributed by atoms with E-state index in [0.717, 1.165) is 11.1 Å². The number of amides is 1. The van der Waals surface area contributed by atoms with Crippen LogP contribution in [0.1, 0.15) is 61.9 Å². The van der Waals surface area contributed by atoms with E-state index in [2.05, 4.69) is 27.7 Å². The molecule has 0 spiro atoms. The van der Waals surface area contributed by atoms with Gasteiger partial charge in [0.05, 0.1) is 32.4 Å². The van der Waals surface area contributed by atoms with E-state index in [1.54, 1.807) is 36.4 Å². The minimum Gasteiger partial charge on any atom is -0.507 e. The number of aliphatic hydroxyl groups excluding tert-OH is 1. The number of ketones is 1. The van der Waals surface area contributed by atoms with Crippen LogP contribution < -0.4 is 19.1 Å². The minimum atomic E-state index is -0.887. The number of methoxy groups -OCH3 is 2. The lowest BCUT2D eigenvalue weighted by molar-refractivity contribution is -0.132. The Hall–Kier alpha value is -4.26. The van der Waals surface area contributed by atoms with E-state index in [9.17, 15) is 14.7 Å². The minimum absolute atomic E-state index is 0.000375. The number of nitrogens with zero attached hydrogens (tertiary/aromatic N) is 1. The smallest absolute Gasteiger partial charge is 0.300 e. The van der Waals surface area contributed by atoms with Crippen molar-refractivity contribution in [2.45, 2.75) is 46.6 Å². The molecule has 210 valence electrons. The maximum Gasteiger partial charge on any atom is 0.300 e. The Morgan fingerprint density at radius 3 is 2.10 bits per heavy atom. The van der Waals surface area contributed by atoms with Crippen molar-refractivity contribution in [1.29, 1.82) is 0 Å². The molecule has 1 fully saturated rings. The summed E-state index contributed by atoms with van der Waals surface area (Å²) in [6.45, 7) is 10.8. The third-order valence-corrected chi connectivity index (χ3v) is 7.03. The SMILES string of the molecule is COc1ccc(C2/C(=C(/O)c3ccc(OCC(C)C)c(C)c3)C(=O)C(=O)N2c2ccc(C(C)C)cc2)cc1OC. The van der Waals surface area contributed by atoms with E-state index < -0.39 is 17.7 Å². The Labute approximate surface area is 236 Å². The molecule has 1 N–H and O–H groups in total. The Balaban J connectivity index is 1.88. The van der Waals surface area contributed by atoms with Gasteiger partial charge in [0.2, 0.25) is 0 Å². The molecule has 3 aromatic carbocycles. The van der Waals surface area contributed by atoms with Crippen LogP contribution in [0.4, 0.5) is 5.69 Å². The average Bonchev–Trinajstić information content (AvgIpc) is 3.21. The zero-order valence-electron chi connectivity index (χ0n) is 24.1. The summed E-state index contributed by atoms with van der Waals surface area (Å²) in [5.41, 5.74) is 3.50. The molecule has 40 heavy (non-hydrogen) atoms. The molecule has 0 saturated carbocycles. The van der Waals surface area contributed by atoms with E-state index >= 15 is 0 Å². The maximum atomic E-state index is 13.6. The first-order valence-corrected chi connectivity index (χ1v) is 13.4. The Kier molecular flexibility index (Phi) is 8.52. The lowest BCUT2D eigenvalue weighted by atomic mass is 9.94. The van der Waals surface area contributed by atoms with Crippen LogP contribution in [0.15, 0.2) is 66.2 Å². The van der Waals surface area contributed by atoms with Crippen molar-refractivity contribution in [2.75, 3.05) is 25.7 Å². The second kappa shape index (κ2) is 11.9. The van der Waals surface area contributed by atoms with Crippen molar-refractivity contribution in [3.63, 3.8) is 0 Å². The number of rotatable bonds is 9. The second-order valence-corrected chi connectivity index (χ2v) is 10.7. The third kappa shape index (κ3) is 5.55. The zero-order chi connectivity index (χ0) is 29.1. The average molecular weight is 544 g/mol. The van der Waals surface area contributed by atoms with Gasteiger partial charge in [0, 0.05) is 11.3 Å². The molecule has 4 rings (SSSR count). The first-order chi connectivity index (χ1) is 19.1. The van der Waals surface area contributed by atoms with Crippen molar-refractivity contribution < 1.29 is 28.9 Å². The van der Waals surface area contributed by atoms with Gasteiger partial charge in [0.1, 0.15) is 11.5 Å². The Morgan fingerprint density at radius 1 is 0.875 bits per heavy atom. The molecule has 0 aliphatic carbocycles. The van der Waals surface area contributed by atoms with Gasteiger partial charge >= 0.3 is 0 Å². The molecular formula is C33H37NO6. The summed E-state index contributed by atoms with van der Waals surface area (Å²) in [4.78, 5) is 28.6. The topological polar surface area (TPSA) is 85.3 Å². The number of aliphatic hydroxyl groups is 1. The van der Waals surface area contributed by atoms with Crippen LogP contribution >= 0.6 is 0 Å². The summed E-state index contributed by atoms with van der Waals surface area (Å²) >= 11 is 0. The highest BCUT2D eigenvalue weighted by atomic mass is 16.5. The summed E-state index contributed by atoms with van der Waals surface area (Å²) < 4.78 is 16.8. The molecule has 7 heteroatoms. The monoisotopic (exact) mass is 543 g/mol. The van der Waals surface area contributed by atoms with Gasteiger partial charge in [-0.25, -0.2) is 0 Å². The molecule has 1 saturated heterocycles. The van der Waals surface area contributed by atoms with Crippen molar-refractivity contribution in [3.8, 4) is 17.2 Å². The molecule has 0 radical (unpaired) electrons. The fourth-order valence-electron chi connectivity index (χ4n) is 4.83. The number of benzene rings is 3. The van der Waals surface area contributed by atoms with Gasteiger partial charge in [0.25, 0.3) is 11.7 Å². The van der Waals surface area contributed by atoms with Gasteiger partial charge in [0.15, 0.2) is 11.5 Å². The van der Waals surface area contributed by atoms with E-state index in [4.69, 9.17) is 14.2 Å². The highest BCUT2D eigenvalue weighted by Gasteiger charge is 2.47. The summed E-state index contributed by atoms with van der Waals surface area (Å²) in [5, 5.41) is 11.6. The number of carbonyl (C=O) groups excluding carboxylic acids is 2. The van der Waals surface area contributed by atoms with Crippen molar-refractivity contribution in [2.24, 2.45) is 5.92 Å². The van der Waals surface area contributed by atoms with Gasteiger partial charge in [-0.15, -0.1) is 0 Å². The normalized spacial score (nSPS) is 16.6. The summed E-state index contributed by atoms with van der Waals surface area (Å²) in [5.74, 6) is 0.599. The fourth-order valence-corrected chi connectivity index (χ4v) is 4.83. The number of hydrogen-bond donors (Lipinski definition) is 1. The third-order valence-electron chi connectivity index (χ3n) is 7.03. The van der Waals surface area contributed by atoms with Crippen LogP contribution in [-0.4, -0.2) is 37.6 Å². The van der Waals surface area contributed by atoms with Crippen molar-refractivity contribution in [3.05, 3.63) is 88.5 Å². The molecule has 1 atom stereocenters. The molecule has 7 nitrogen and oxygen atoms in total. The molecule has 3 aromatic rings. The first-order valence-electron chi connectivity index (χ1n) is 13.4. The predicted molar refractivity (Wildman–Crippen MR) is 156 cm³/mol. The Morgan fingerprint density at radius 2 is 1.52 bits per heavy atom. The molecule has 0 aromatic heterocycles. The van der Waals surface area contributed by atoms with Crippen LogP contribution in [0, 0.1) is 12.8 Å². The standard InChI is InChI=1S/C33H37NO6/c1-19(2)18-40-26-14-11-24(16-21(26)5)31(35)29-30(23-10-15-27(38-6)28(17-23)39-7)34(33(37)32(29)36)25-12-8-22(9-13-25)20(3)4/h8-17,19-20,30,35H,18H2,1-7H3/b31-29-. The largest absolute Gasteiger partial charge is 0.507 e. The first kappa shape index (κ1) is 28.7. The number of ether oxygens (including phenoxy) is 3. The predicted octanol–water partition coefficient (Wildman–Crippen LogP) is 6.80. The van der Waals surface area contributed by atoms with Gasteiger partial charge < -0.3 is 19.3 Å². The van der Waals surface area contributed by atoms with Gasteiger partial charge in [-0.1, -0.05) is 45.9 Å². The van der Waals surface area contributed by atoms with Crippen LogP contribution in [0.2, 0.25) is 0 Å². The van der Waals surface area contributed by atoms with Crippen LogP contribution in [0.5, 0.6) is 17.2 Å². The molecule has 1 amide bonds. The molecule has 1 aliphatic rings. The van der Waals surface area contributed by atoms with E-state index in [1.807, 2.05) is 31.2 Å². The number of aryl methyl sites for hydroxylation is 1. The van der Waals surface area contributed by atoms with Crippen LogP contribution in [0.3, 0.4) is 0 Å². The number of anilines is 1. The van der Waals surface area contributed by atoms with Crippen LogP contribution in [-0.2, 0) is 9.59 Å². The van der Waals surface area contributed by atoms with E-state index in [1.165, 1.54) is 19.1 Å². The fraction of sp³-hybridized carbons (Fsp3) is 0.333. The van der Waals surface area contributed by atoms with Gasteiger partial charge in [-0.3, -0.25) is 14.5 Å². The number of carbonyl (C=O) groups is 2. The van der Waals surface area contributed by atoms with Crippen molar-refractivity contribution in [1.82, 2.24) is 0 Å². The number of Topliss-reactive ketones (excluding diaryl/α,β-unsaturated/α-hetero) is 1.